The summed E-state index contributed by atoms with van der Waals surface area (Å²) in [6.07, 6.45) is 7.27. The quantitative estimate of drug-likeness (QED) is 0.297. The van der Waals surface area contributed by atoms with E-state index in [1.165, 1.54) is 12.8 Å². The Morgan fingerprint density at radius 3 is 2.32 bits per heavy atom. The number of hydrogen-bond donors (Lipinski definition) is 3. The van der Waals surface area contributed by atoms with Crippen molar-refractivity contribution >= 4 is 11.8 Å². The molecule has 0 unspecified atom stereocenters. The van der Waals surface area contributed by atoms with E-state index < -0.39 is 5.91 Å². The van der Waals surface area contributed by atoms with Crippen LogP contribution >= 0.6 is 0 Å². The number of hydrogen-bond acceptors (Lipinski definition) is 4. The van der Waals surface area contributed by atoms with Gasteiger partial charge in [-0.1, -0.05) is 50.1 Å². The van der Waals surface area contributed by atoms with Gasteiger partial charge in [0.15, 0.2) is 0 Å². The van der Waals surface area contributed by atoms with Crippen molar-refractivity contribution in [3.05, 3.63) is 70.8 Å². The molecule has 4 N–H and O–H groups in total. The number of hydrazine groups is 1. The molecule has 0 saturated heterocycles. The maximum atomic E-state index is 12.3. The van der Waals surface area contributed by atoms with Crippen molar-refractivity contribution in [2.75, 3.05) is 19.8 Å². The molecule has 0 aliphatic rings. The lowest BCUT2D eigenvalue weighted by Gasteiger charge is -2.09. The van der Waals surface area contributed by atoms with Gasteiger partial charge in [0.1, 0.15) is 0 Å². The second-order valence-electron chi connectivity index (χ2n) is 7.66. The Morgan fingerprint density at radius 2 is 1.61 bits per heavy atom. The Bertz CT molecular complexity index is 806. The molecule has 6 heteroatoms. The van der Waals surface area contributed by atoms with Gasteiger partial charge in [0, 0.05) is 30.9 Å². The summed E-state index contributed by atoms with van der Waals surface area (Å²) in [5.74, 6) is -0.597. The van der Waals surface area contributed by atoms with Crippen LogP contribution in [0.15, 0.2) is 48.5 Å². The Balaban J connectivity index is 1.64. The largest absolute Gasteiger partial charge is 0.381 e. The molecule has 2 aromatic rings. The van der Waals surface area contributed by atoms with Crippen LogP contribution in [-0.4, -0.2) is 31.6 Å². The van der Waals surface area contributed by atoms with Crippen molar-refractivity contribution in [1.82, 2.24) is 10.9 Å². The molecule has 0 atom stereocenters. The molecule has 168 valence electrons. The molecule has 0 aromatic heterocycles. The Hall–Kier alpha value is -2.70. The van der Waals surface area contributed by atoms with E-state index in [1.807, 2.05) is 24.3 Å². The monoisotopic (exact) mass is 425 g/mol. The summed E-state index contributed by atoms with van der Waals surface area (Å²) in [7, 11) is 0. The summed E-state index contributed by atoms with van der Waals surface area (Å²) in [5.41, 5.74) is 14.2. The van der Waals surface area contributed by atoms with Gasteiger partial charge in [-0.05, 0) is 61.4 Å². The van der Waals surface area contributed by atoms with Gasteiger partial charge in [-0.15, -0.1) is 0 Å². The topological polar surface area (TPSA) is 93.4 Å². The maximum absolute atomic E-state index is 12.3. The van der Waals surface area contributed by atoms with Gasteiger partial charge in [0.2, 0.25) is 5.91 Å². The van der Waals surface area contributed by atoms with Crippen LogP contribution in [0.5, 0.6) is 0 Å². The highest BCUT2D eigenvalue weighted by Gasteiger charge is 2.09. The SMILES string of the molecule is CCCCCOCCCCCNNC(=O)c1ccc(Cc2ccccc2C(N)=O)cc1. The number of nitrogens with two attached hydrogens (primary N) is 1. The molecule has 0 aliphatic heterocycles. The van der Waals surface area contributed by atoms with Gasteiger partial charge in [-0.25, -0.2) is 5.43 Å². The molecule has 0 radical (unpaired) electrons. The number of primary amides is 1. The van der Waals surface area contributed by atoms with Crippen molar-refractivity contribution in [2.24, 2.45) is 5.73 Å². The number of carbonyl (C=O) groups excluding carboxylic acids is 2. The standard InChI is InChI=1S/C25H35N3O3/c1-2-3-8-17-31-18-9-4-7-16-27-28-25(30)21-14-12-20(13-15-21)19-22-10-5-6-11-23(22)24(26)29/h5-6,10-15,27H,2-4,7-9,16-19H2,1H3,(H2,26,29)(H,28,30). The van der Waals surface area contributed by atoms with E-state index in [0.29, 0.717) is 17.5 Å². The molecule has 0 bridgehead atoms. The summed E-state index contributed by atoms with van der Waals surface area (Å²) < 4.78 is 5.59. The average molecular weight is 426 g/mol. The normalized spacial score (nSPS) is 10.7. The smallest absolute Gasteiger partial charge is 0.265 e. The lowest BCUT2D eigenvalue weighted by atomic mass is 9.98. The minimum atomic E-state index is -0.433. The van der Waals surface area contributed by atoms with Crippen molar-refractivity contribution < 1.29 is 14.3 Å². The van der Waals surface area contributed by atoms with Gasteiger partial charge >= 0.3 is 0 Å². The molecule has 2 amide bonds. The number of nitrogens with one attached hydrogen (secondary N) is 2. The highest BCUT2D eigenvalue weighted by atomic mass is 16.5. The molecule has 31 heavy (non-hydrogen) atoms. The first-order chi connectivity index (χ1) is 15.1. The Morgan fingerprint density at radius 1 is 0.903 bits per heavy atom. The number of benzene rings is 2. The van der Waals surface area contributed by atoms with Crippen LogP contribution in [-0.2, 0) is 11.2 Å². The Labute approximate surface area is 185 Å². The number of amides is 2. The summed E-state index contributed by atoms with van der Waals surface area (Å²) in [5, 5.41) is 0. The summed E-state index contributed by atoms with van der Waals surface area (Å²) in [6, 6.07) is 14.7. The number of unbranched alkanes of at least 4 members (excludes halogenated alkanes) is 4. The molecule has 0 spiro atoms. The minimum Gasteiger partial charge on any atom is -0.381 e. The van der Waals surface area contributed by atoms with Crippen molar-refractivity contribution in [1.29, 1.82) is 0 Å². The lowest BCUT2D eigenvalue weighted by Crippen LogP contribution is -2.37. The van der Waals surface area contributed by atoms with E-state index in [9.17, 15) is 9.59 Å². The summed E-state index contributed by atoms with van der Waals surface area (Å²) in [6.45, 7) is 4.59. The minimum absolute atomic E-state index is 0.164. The fraction of sp³-hybridized carbons (Fsp3) is 0.440. The highest BCUT2D eigenvalue weighted by Crippen LogP contribution is 2.15. The van der Waals surface area contributed by atoms with Crippen LogP contribution in [0.4, 0.5) is 0 Å². The van der Waals surface area contributed by atoms with Crippen molar-refractivity contribution in [3.8, 4) is 0 Å². The first kappa shape index (κ1) is 24.6. The van der Waals surface area contributed by atoms with Crippen LogP contribution < -0.4 is 16.6 Å². The predicted molar refractivity (Wildman–Crippen MR) is 124 cm³/mol. The van der Waals surface area contributed by atoms with Crippen LogP contribution in [0.3, 0.4) is 0 Å². The second kappa shape index (κ2) is 14.3. The maximum Gasteiger partial charge on any atom is 0.265 e. The fourth-order valence-corrected chi connectivity index (χ4v) is 3.27. The van der Waals surface area contributed by atoms with E-state index >= 15 is 0 Å². The number of carbonyl (C=O) groups is 2. The number of ether oxygens (including phenoxy) is 1. The second-order valence-corrected chi connectivity index (χ2v) is 7.66. The molecule has 0 aliphatic carbocycles. The first-order valence-corrected chi connectivity index (χ1v) is 11.2. The third kappa shape index (κ3) is 9.32. The van der Waals surface area contributed by atoms with Crippen LogP contribution in [0, 0.1) is 0 Å². The first-order valence-electron chi connectivity index (χ1n) is 11.2. The summed E-state index contributed by atoms with van der Waals surface area (Å²) in [4.78, 5) is 23.8. The van der Waals surface area contributed by atoms with Crippen LogP contribution in [0.25, 0.3) is 0 Å². The van der Waals surface area contributed by atoms with Crippen molar-refractivity contribution in [2.45, 2.75) is 51.9 Å². The predicted octanol–water partition coefficient (Wildman–Crippen LogP) is 3.99. The van der Waals surface area contributed by atoms with Crippen LogP contribution in [0.2, 0.25) is 0 Å². The zero-order valence-electron chi connectivity index (χ0n) is 18.5. The van der Waals surface area contributed by atoms with Gasteiger partial charge in [-0.2, -0.15) is 0 Å². The fourth-order valence-electron chi connectivity index (χ4n) is 3.27. The molecule has 2 aromatic carbocycles. The van der Waals surface area contributed by atoms with Gasteiger partial charge in [0.05, 0.1) is 0 Å². The summed E-state index contributed by atoms with van der Waals surface area (Å²) >= 11 is 0. The van der Waals surface area contributed by atoms with E-state index in [1.54, 1.807) is 24.3 Å². The molecule has 2 rings (SSSR count). The lowest BCUT2D eigenvalue weighted by molar-refractivity contribution is 0.0931. The molecular weight excluding hydrogens is 390 g/mol. The molecular formula is C25H35N3O3. The van der Waals surface area contributed by atoms with E-state index in [2.05, 4.69) is 17.8 Å². The third-order valence-corrected chi connectivity index (χ3v) is 5.08. The van der Waals surface area contributed by atoms with Gasteiger partial charge < -0.3 is 10.5 Å². The molecule has 0 heterocycles. The van der Waals surface area contributed by atoms with E-state index in [4.69, 9.17) is 10.5 Å². The molecule has 0 fully saturated rings. The number of rotatable bonds is 15. The zero-order valence-corrected chi connectivity index (χ0v) is 18.5. The molecule has 0 saturated carbocycles. The van der Waals surface area contributed by atoms with E-state index in [0.717, 1.165) is 56.6 Å². The highest BCUT2D eigenvalue weighted by molar-refractivity contribution is 5.94. The van der Waals surface area contributed by atoms with Gasteiger partial charge in [-0.3, -0.25) is 15.0 Å². The zero-order chi connectivity index (χ0) is 22.3. The van der Waals surface area contributed by atoms with Crippen LogP contribution in [0.1, 0.15) is 77.3 Å². The van der Waals surface area contributed by atoms with E-state index in [-0.39, 0.29) is 5.91 Å². The third-order valence-electron chi connectivity index (χ3n) is 5.08. The average Bonchev–Trinajstić information content (AvgIpc) is 2.78. The van der Waals surface area contributed by atoms with Crippen molar-refractivity contribution in [3.63, 3.8) is 0 Å². The molecule has 6 nitrogen and oxygen atoms in total. The Kier molecular flexibility index (Phi) is 11.4. The van der Waals surface area contributed by atoms with Gasteiger partial charge in [0.25, 0.3) is 5.91 Å².